The first kappa shape index (κ1) is 8.93. The van der Waals surface area contributed by atoms with Crippen molar-refractivity contribution in [2.24, 2.45) is 0 Å². The molecule has 0 atom stereocenters. The molecule has 0 bridgehead atoms. The minimum atomic E-state index is -0.466. The first-order chi connectivity index (χ1) is 5.66. The number of nitrogens with zero attached hydrogens (tertiary/aromatic N) is 1. The second-order valence-corrected chi connectivity index (χ2v) is 2.52. The van der Waals surface area contributed by atoms with Crippen molar-refractivity contribution in [3.63, 3.8) is 0 Å². The molecule has 1 aromatic heterocycles. The fourth-order valence-electron chi connectivity index (χ4n) is 0.795. The SMILES string of the molecule is CCOC(=O)c1ccc(Cl)n1N. The highest BCUT2D eigenvalue weighted by Gasteiger charge is 2.12. The van der Waals surface area contributed by atoms with Crippen LogP contribution in [0.5, 0.6) is 0 Å². The van der Waals surface area contributed by atoms with Crippen molar-refractivity contribution in [2.75, 3.05) is 12.4 Å². The molecule has 4 nitrogen and oxygen atoms in total. The van der Waals surface area contributed by atoms with Crippen LogP contribution in [-0.4, -0.2) is 17.3 Å². The smallest absolute Gasteiger partial charge is 0.356 e. The van der Waals surface area contributed by atoms with Gasteiger partial charge in [-0.3, -0.25) is 0 Å². The lowest BCUT2D eigenvalue weighted by atomic mass is 10.4. The Hall–Kier alpha value is -1.16. The molecular weight excluding hydrogens is 180 g/mol. The van der Waals surface area contributed by atoms with Crippen LogP contribution < -0.4 is 5.84 Å². The number of carbonyl (C=O) groups excluding carboxylic acids is 1. The Balaban J connectivity index is 2.88. The third kappa shape index (κ3) is 1.53. The van der Waals surface area contributed by atoms with Crippen molar-refractivity contribution in [1.82, 2.24) is 4.68 Å². The Morgan fingerprint density at radius 3 is 2.83 bits per heavy atom. The van der Waals surface area contributed by atoms with Crippen LogP contribution in [0.2, 0.25) is 5.15 Å². The quantitative estimate of drug-likeness (QED) is 0.557. The van der Waals surface area contributed by atoms with Crippen molar-refractivity contribution < 1.29 is 9.53 Å². The summed E-state index contributed by atoms with van der Waals surface area (Å²) in [6.45, 7) is 2.05. The number of aromatic nitrogens is 1. The van der Waals surface area contributed by atoms with Gasteiger partial charge in [-0.1, -0.05) is 11.6 Å². The monoisotopic (exact) mass is 188 g/mol. The molecule has 0 saturated carbocycles. The molecule has 0 fully saturated rings. The van der Waals surface area contributed by atoms with Crippen LogP contribution in [-0.2, 0) is 4.74 Å². The van der Waals surface area contributed by atoms with Gasteiger partial charge in [-0.15, -0.1) is 0 Å². The summed E-state index contributed by atoms with van der Waals surface area (Å²) in [6, 6.07) is 3.05. The molecule has 2 N–H and O–H groups in total. The maximum Gasteiger partial charge on any atom is 0.356 e. The molecule has 0 amide bonds. The van der Waals surface area contributed by atoms with E-state index >= 15 is 0 Å². The molecule has 0 radical (unpaired) electrons. The fraction of sp³-hybridized carbons (Fsp3) is 0.286. The predicted octanol–water partition coefficient (Wildman–Crippen LogP) is 1.03. The first-order valence-electron chi connectivity index (χ1n) is 3.46. The molecule has 1 heterocycles. The van der Waals surface area contributed by atoms with Crippen molar-refractivity contribution in [2.45, 2.75) is 6.92 Å². The van der Waals surface area contributed by atoms with Crippen molar-refractivity contribution in [3.05, 3.63) is 23.0 Å². The van der Waals surface area contributed by atoms with Crippen LogP contribution in [0, 0.1) is 0 Å². The number of esters is 1. The molecule has 0 saturated heterocycles. The highest BCUT2D eigenvalue weighted by Crippen LogP contribution is 2.11. The molecule has 1 aromatic rings. The normalized spacial score (nSPS) is 9.83. The molecule has 12 heavy (non-hydrogen) atoms. The van der Waals surface area contributed by atoms with Gasteiger partial charge in [0.1, 0.15) is 10.8 Å². The van der Waals surface area contributed by atoms with Gasteiger partial charge < -0.3 is 10.6 Å². The van der Waals surface area contributed by atoms with Crippen LogP contribution in [0.3, 0.4) is 0 Å². The van der Waals surface area contributed by atoms with E-state index in [4.69, 9.17) is 22.2 Å². The number of nitrogens with two attached hydrogens (primary N) is 1. The summed E-state index contributed by atoms with van der Waals surface area (Å²) in [5, 5.41) is 0.304. The van der Waals surface area contributed by atoms with Crippen LogP contribution >= 0.6 is 11.6 Å². The fourth-order valence-corrected chi connectivity index (χ4v) is 0.949. The Bertz CT molecular complexity index is 296. The second kappa shape index (κ2) is 3.49. The van der Waals surface area contributed by atoms with Gasteiger partial charge in [0.25, 0.3) is 0 Å². The molecular formula is C7H9ClN2O2. The van der Waals surface area contributed by atoms with Gasteiger partial charge in [0.05, 0.1) is 6.61 Å². The zero-order chi connectivity index (χ0) is 9.14. The lowest BCUT2D eigenvalue weighted by Crippen LogP contribution is -2.17. The van der Waals surface area contributed by atoms with E-state index < -0.39 is 5.97 Å². The summed E-state index contributed by atoms with van der Waals surface area (Å²) >= 11 is 5.60. The number of nitrogen functional groups attached to an aromatic ring is 1. The van der Waals surface area contributed by atoms with E-state index in [1.807, 2.05) is 0 Å². The lowest BCUT2D eigenvalue weighted by molar-refractivity contribution is 0.0516. The number of rotatable bonds is 2. The van der Waals surface area contributed by atoms with Gasteiger partial charge in [0, 0.05) is 0 Å². The van der Waals surface area contributed by atoms with Crippen LogP contribution in [0.4, 0.5) is 0 Å². The van der Waals surface area contributed by atoms with Crippen LogP contribution in [0.15, 0.2) is 12.1 Å². The van der Waals surface area contributed by atoms with E-state index in [1.165, 1.54) is 12.1 Å². The number of hydrogen-bond acceptors (Lipinski definition) is 3. The number of carbonyl (C=O) groups is 1. The standard InChI is InChI=1S/C7H9ClN2O2/c1-2-12-7(11)5-3-4-6(8)10(5)9/h3-4H,2,9H2,1H3. The zero-order valence-corrected chi connectivity index (χ0v) is 7.34. The third-order valence-corrected chi connectivity index (χ3v) is 1.66. The van der Waals surface area contributed by atoms with Crippen molar-refractivity contribution in [3.8, 4) is 0 Å². The Morgan fingerprint density at radius 1 is 1.75 bits per heavy atom. The van der Waals surface area contributed by atoms with E-state index in [9.17, 15) is 4.79 Å². The molecule has 0 aliphatic carbocycles. The molecule has 1 rings (SSSR count). The lowest BCUT2D eigenvalue weighted by Gasteiger charge is -2.02. The predicted molar refractivity (Wildman–Crippen MR) is 45.5 cm³/mol. The highest BCUT2D eigenvalue weighted by molar-refractivity contribution is 6.30. The topological polar surface area (TPSA) is 57.2 Å². The Labute approximate surface area is 74.8 Å². The summed E-state index contributed by atoms with van der Waals surface area (Å²) in [4.78, 5) is 11.1. The van der Waals surface area contributed by atoms with Crippen molar-refractivity contribution in [1.29, 1.82) is 0 Å². The first-order valence-corrected chi connectivity index (χ1v) is 3.84. The van der Waals surface area contributed by atoms with Gasteiger partial charge in [0.15, 0.2) is 0 Å². The number of ether oxygens (including phenoxy) is 1. The maximum absolute atomic E-state index is 11.1. The number of halogens is 1. The summed E-state index contributed by atoms with van der Waals surface area (Å²) < 4.78 is 5.81. The van der Waals surface area contributed by atoms with E-state index in [-0.39, 0.29) is 5.69 Å². The minimum absolute atomic E-state index is 0.252. The van der Waals surface area contributed by atoms with E-state index in [0.717, 1.165) is 4.68 Å². The average molecular weight is 189 g/mol. The molecule has 0 spiro atoms. The van der Waals surface area contributed by atoms with E-state index in [1.54, 1.807) is 6.92 Å². The van der Waals surface area contributed by atoms with Gasteiger partial charge in [-0.05, 0) is 19.1 Å². The molecule has 0 unspecified atom stereocenters. The molecule has 5 heteroatoms. The summed E-state index contributed by atoms with van der Waals surface area (Å²) in [5.74, 6) is 4.95. The molecule has 0 aliphatic heterocycles. The van der Waals surface area contributed by atoms with Crippen LogP contribution in [0.1, 0.15) is 17.4 Å². The summed E-state index contributed by atoms with van der Waals surface area (Å²) in [6.07, 6.45) is 0. The summed E-state index contributed by atoms with van der Waals surface area (Å²) in [5.41, 5.74) is 0.252. The minimum Gasteiger partial charge on any atom is -0.461 e. The summed E-state index contributed by atoms with van der Waals surface area (Å²) in [7, 11) is 0. The average Bonchev–Trinajstić information content (AvgIpc) is 2.34. The Kier molecular flexibility index (Phi) is 2.60. The van der Waals surface area contributed by atoms with Crippen molar-refractivity contribution >= 4 is 17.6 Å². The molecule has 0 aromatic carbocycles. The second-order valence-electron chi connectivity index (χ2n) is 2.13. The van der Waals surface area contributed by atoms with Crippen LogP contribution in [0.25, 0.3) is 0 Å². The van der Waals surface area contributed by atoms with Gasteiger partial charge in [-0.25, -0.2) is 9.47 Å². The van der Waals surface area contributed by atoms with Gasteiger partial charge in [-0.2, -0.15) is 0 Å². The number of hydrogen-bond donors (Lipinski definition) is 1. The van der Waals surface area contributed by atoms with Gasteiger partial charge >= 0.3 is 5.97 Å². The molecule has 0 aliphatic rings. The highest BCUT2D eigenvalue weighted by atomic mass is 35.5. The third-order valence-electron chi connectivity index (χ3n) is 1.35. The Morgan fingerprint density at radius 2 is 2.42 bits per heavy atom. The largest absolute Gasteiger partial charge is 0.461 e. The molecule has 66 valence electrons. The van der Waals surface area contributed by atoms with E-state index in [0.29, 0.717) is 11.8 Å². The maximum atomic E-state index is 11.1. The van der Waals surface area contributed by atoms with E-state index in [2.05, 4.69) is 0 Å². The zero-order valence-electron chi connectivity index (χ0n) is 6.58. The van der Waals surface area contributed by atoms with Gasteiger partial charge in [0.2, 0.25) is 0 Å².